The van der Waals surface area contributed by atoms with Gasteiger partial charge in [0.2, 0.25) is 5.91 Å². The number of hydrogen-bond donors (Lipinski definition) is 0. The van der Waals surface area contributed by atoms with Gasteiger partial charge in [-0.3, -0.25) is 9.69 Å². The highest BCUT2D eigenvalue weighted by molar-refractivity contribution is 5.78. The minimum atomic E-state index is -0.268. The molecule has 0 saturated carbocycles. The third-order valence-electron chi connectivity index (χ3n) is 3.60. The summed E-state index contributed by atoms with van der Waals surface area (Å²) < 4.78 is 12.8. The second-order valence-corrected chi connectivity index (χ2v) is 5.13. The highest BCUT2D eigenvalue weighted by atomic mass is 19.1. The maximum Gasteiger partial charge on any atom is 0.227 e. The molecule has 1 amide bonds. The molecule has 1 saturated heterocycles. The molecule has 1 aromatic carbocycles. The zero-order valence-electron chi connectivity index (χ0n) is 11.7. The van der Waals surface area contributed by atoms with Gasteiger partial charge >= 0.3 is 0 Å². The average molecular weight is 276 g/mol. The molecule has 20 heavy (non-hydrogen) atoms. The first-order valence-corrected chi connectivity index (χ1v) is 7.04. The van der Waals surface area contributed by atoms with E-state index in [4.69, 9.17) is 0 Å². The van der Waals surface area contributed by atoms with E-state index in [0.29, 0.717) is 6.42 Å². The summed E-state index contributed by atoms with van der Waals surface area (Å²) >= 11 is 0. The molecular weight excluding hydrogens is 255 g/mol. The Labute approximate surface area is 119 Å². The van der Waals surface area contributed by atoms with E-state index in [-0.39, 0.29) is 11.7 Å². The largest absolute Gasteiger partial charge is 0.341 e. The van der Waals surface area contributed by atoms with Crippen LogP contribution in [0.15, 0.2) is 36.9 Å². The number of benzene rings is 1. The molecule has 3 nitrogen and oxygen atoms in total. The van der Waals surface area contributed by atoms with Crippen LogP contribution in [0.1, 0.15) is 12.0 Å². The first-order valence-electron chi connectivity index (χ1n) is 7.04. The molecule has 1 aromatic rings. The van der Waals surface area contributed by atoms with Gasteiger partial charge in [0.15, 0.2) is 0 Å². The Morgan fingerprint density at radius 1 is 1.20 bits per heavy atom. The van der Waals surface area contributed by atoms with Crippen molar-refractivity contribution in [1.29, 1.82) is 0 Å². The van der Waals surface area contributed by atoms with Gasteiger partial charge in [0.05, 0.1) is 6.42 Å². The molecule has 1 fully saturated rings. The van der Waals surface area contributed by atoms with Crippen LogP contribution < -0.4 is 0 Å². The number of amides is 1. The van der Waals surface area contributed by atoms with E-state index in [1.165, 1.54) is 12.1 Å². The van der Waals surface area contributed by atoms with Crippen molar-refractivity contribution in [2.75, 3.05) is 32.7 Å². The van der Waals surface area contributed by atoms with Crippen LogP contribution in [-0.4, -0.2) is 48.4 Å². The molecule has 0 bridgehead atoms. The predicted octanol–water partition coefficient (Wildman–Crippen LogP) is 2.09. The molecule has 1 aliphatic rings. The lowest BCUT2D eigenvalue weighted by Crippen LogP contribution is -2.36. The normalized spacial score (nSPS) is 16.8. The number of carbonyl (C=O) groups is 1. The summed E-state index contributed by atoms with van der Waals surface area (Å²) in [6, 6.07) is 6.15. The van der Waals surface area contributed by atoms with Crippen molar-refractivity contribution in [2.45, 2.75) is 12.8 Å². The van der Waals surface area contributed by atoms with Gasteiger partial charge in [-0.1, -0.05) is 18.2 Å². The van der Waals surface area contributed by atoms with Crippen molar-refractivity contribution in [3.63, 3.8) is 0 Å². The van der Waals surface area contributed by atoms with Gasteiger partial charge < -0.3 is 4.90 Å². The van der Waals surface area contributed by atoms with Crippen LogP contribution in [-0.2, 0) is 11.2 Å². The van der Waals surface area contributed by atoms with Crippen molar-refractivity contribution in [3.8, 4) is 0 Å². The molecule has 0 spiro atoms. The smallest absolute Gasteiger partial charge is 0.227 e. The van der Waals surface area contributed by atoms with E-state index in [9.17, 15) is 9.18 Å². The number of nitrogens with zero attached hydrogens (tertiary/aromatic N) is 2. The van der Waals surface area contributed by atoms with Gasteiger partial charge in [0.1, 0.15) is 5.82 Å². The van der Waals surface area contributed by atoms with Crippen LogP contribution in [0.5, 0.6) is 0 Å². The first-order chi connectivity index (χ1) is 9.69. The molecule has 0 radical (unpaired) electrons. The quantitative estimate of drug-likeness (QED) is 0.786. The van der Waals surface area contributed by atoms with Crippen molar-refractivity contribution in [1.82, 2.24) is 9.80 Å². The van der Waals surface area contributed by atoms with Crippen LogP contribution in [0.25, 0.3) is 0 Å². The zero-order chi connectivity index (χ0) is 14.4. The Kier molecular flexibility index (Phi) is 5.30. The van der Waals surface area contributed by atoms with Gasteiger partial charge in [0.25, 0.3) is 0 Å². The van der Waals surface area contributed by atoms with E-state index in [2.05, 4.69) is 11.5 Å². The van der Waals surface area contributed by atoms with Crippen molar-refractivity contribution >= 4 is 5.91 Å². The molecular formula is C16H21FN2O. The van der Waals surface area contributed by atoms with Gasteiger partial charge in [0, 0.05) is 32.7 Å². The Bertz CT molecular complexity index is 458. The molecule has 2 rings (SSSR count). The number of halogens is 1. The zero-order valence-corrected chi connectivity index (χ0v) is 11.7. The Morgan fingerprint density at radius 2 is 1.95 bits per heavy atom. The molecule has 108 valence electrons. The summed E-state index contributed by atoms with van der Waals surface area (Å²) in [5.41, 5.74) is 0.864. The summed E-state index contributed by atoms with van der Waals surface area (Å²) in [5, 5.41) is 0. The monoisotopic (exact) mass is 276 g/mol. The van der Waals surface area contributed by atoms with Gasteiger partial charge in [-0.25, -0.2) is 4.39 Å². The van der Waals surface area contributed by atoms with E-state index in [1.54, 1.807) is 12.1 Å². The Hall–Kier alpha value is -1.68. The second-order valence-electron chi connectivity index (χ2n) is 5.13. The number of hydrogen-bond acceptors (Lipinski definition) is 2. The van der Waals surface area contributed by atoms with Gasteiger partial charge in [-0.2, -0.15) is 0 Å². The maximum absolute atomic E-state index is 12.8. The number of carbonyl (C=O) groups excluding carboxylic acids is 1. The van der Waals surface area contributed by atoms with Gasteiger partial charge in [-0.15, -0.1) is 6.58 Å². The van der Waals surface area contributed by atoms with E-state index in [1.807, 2.05) is 11.0 Å². The lowest BCUT2D eigenvalue weighted by atomic mass is 10.1. The topological polar surface area (TPSA) is 23.6 Å². The predicted molar refractivity (Wildman–Crippen MR) is 77.9 cm³/mol. The molecule has 0 N–H and O–H groups in total. The first kappa shape index (κ1) is 14.7. The summed E-state index contributed by atoms with van der Waals surface area (Å²) in [5.74, 6) is -0.145. The SMILES string of the molecule is C=CCN1CCCN(C(=O)Cc2ccc(F)cc2)CC1. The van der Waals surface area contributed by atoms with Crippen LogP contribution in [0.4, 0.5) is 4.39 Å². The highest BCUT2D eigenvalue weighted by Gasteiger charge is 2.18. The van der Waals surface area contributed by atoms with Crippen molar-refractivity contribution in [3.05, 3.63) is 48.3 Å². The summed E-state index contributed by atoms with van der Waals surface area (Å²) in [6.07, 6.45) is 3.24. The minimum Gasteiger partial charge on any atom is -0.341 e. The Morgan fingerprint density at radius 3 is 2.65 bits per heavy atom. The molecule has 0 unspecified atom stereocenters. The summed E-state index contributed by atoms with van der Waals surface area (Å²) in [6.45, 7) is 8.08. The third kappa shape index (κ3) is 4.17. The minimum absolute atomic E-state index is 0.122. The summed E-state index contributed by atoms with van der Waals surface area (Å²) in [4.78, 5) is 16.5. The molecule has 1 aliphatic heterocycles. The molecule has 0 aliphatic carbocycles. The molecule has 1 heterocycles. The van der Waals surface area contributed by atoms with Gasteiger partial charge in [-0.05, 0) is 24.1 Å². The van der Waals surface area contributed by atoms with Crippen molar-refractivity contribution < 1.29 is 9.18 Å². The highest BCUT2D eigenvalue weighted by Crippen LogP contribution is 2.08. The van der Waals surface area contributed by atoms with Crippen LogP contribution in [0, 0.1) is 5.82 Å². The lowest BCUT2D eigenvalue weighted by molar-refractivity contribution is -0.130. The van der Waals surface area contributed by atoms with Crippen LogP contribution in [0.3, 0.4) is 0 Å². The lowest BCUT2D eigenvalue weighted by Gasteiger charge is -2.21. The second kappa shape index (κ2) is 7.20. The fourth-order valence-electron chi connectivity index (χ4n) is 2.47. The molecule has 4 heteroatoms. The molecule has 0 atom stereocenters. The maximum atomic E-state index is 12.8. The van der Waals surface area contributed by atoms with Crippen LogP contribution in [0.2, 0.25) is 0 Å². The summed E-state index contributed by atoms with van der Waals surface area (Å²) in [7, 11) is 0. The average Bonchev–Trinajstić information content (AvgIpc) is 2.67. The fraction of sp³-hybridized carbons (Fsp3) is 0.438. The Balaban J connectivity index is 1.89. The standard InChI is InChI=1S/C16H21FN2O/c1-2-8-18-9-3-10-19(12-11-18)16(20)13-14-4-6-15(17)7-5-14/h2,4-7H,1,3,8-13H2. The van der Waals surface area contributed by atoms with E-state index in [0.717, 1.165) is 44.7 Å². The van der Waals surface area contributed by atoms with E-state index >= 15 is 0 Å². The van der Waals surface area contributed by atoms with Crippen molar-refractivity contribution in [2.24, 2.45) is 0 Å². The fourth-order valence-corrected chi connectivity index (χ4v) is 2.47. The third-order valence-corrected chi connectivity index (χ3v) is 3.60. The molecule has 0 aromatic heterocycles. The number of rotatable bonds is 4. The van der Waals surface area contributed by atoms with E-state index < -0.39 is 0 Å². The van der Waals surface area contributed by atoms with Crippen LogP contribution >= 0.6 is 0 Å².